The van der Waals surface area contributed by atoms with Crippen LogP contribution < -0.4 is 0 Å². The van der Waals surface area contributed by atoms with E-state index in [1.54, 1.807) is 0 Å². The molecule has 0 aliphatic rings. The van der Waals surface area contributed by atoms with Gasteiger partial charge in [0.15, 0.2) is 0 Å². The molecular formula is C8H14O4Sn. The van der Waals surface area contributed by atoms with Gasteiger partial charge in [-0.05, 0) is 0 Å². The molecule has 13 heavy (non-hydrogen) atoms. The Morgan fingerprint density at radius 3 is 1.69 bits per heavy atom. The summed E-state index contributed by atoms with van der Waals surface area (Å²) in [5, 5.41) is 0. The average Bonchev–Trinajstić information content (AvgIpc) is 2.05. The third-order valence-corrected chi connectivity index (χ3v) is 2.99. The summed E-state index contributed by atoms with van der Waals surface area (Å²) in [6, 6.07) is 0. The third-order valence-electron chi connectivity index (χ3n) is 1.22. The minimum absolute atomic E-state index is 0.251. The number of rotatable bonds is 6. The molecule has 0 fully saturated rings. The number of carbonyl (C=O) groups is 2. The Bertz CT molecular complexity index is 152. The van der Waals surface area contributed by atoms with Crippen molar-refractivity contribution in [2.45, 2.75) is 39.5 Å². The first-order valence-corrected chi connectivity index (χ1v) is 6.68. The van der Waals surface area contributed by atoms with Crippen LogP contribution in [0.3, 0.4) is 0 Å². The maximum absolute atomic E-state index is 10.8. The van der Waals surface area contributed by atoms with Gasteiger partial charge in [0.2, 0.25) is 0 Å². The zero-order chi connectivity index (χ0) is 10.1. The number of hydrogen-bond acceptors (Lipinski definition) is 4. The Labute approximate surface area is 89.3 Å². The first-order chi connectivity index (χ1) is 6.20. The van der Waals surface area contributed by atoms with Gasteiger partial charge in [-0.2, -0.15) is 0 Å². The molecule has 5 heteroatoms. The Morgan fingerprint density at radius 2 is 1.38 bits per heavy atom. The Kier molecular flexibility index (Phi) is 8.17. The van der Waals surface area contributed by atoms with E-state index in [0.29, 0.717) is 12.8 Å². The van der Waals surface area contributed by atoms with Crippen LogP contribution in [0.1, 0.15) is 39.5 Å². The fourth-order valence-electron chi connectivity index (χ4n) is 0.624. The molecule has 0 unspecified atom stereocenters. The molecule has 0 bridgehead atoms. The molecule has 0 aliphatic heterocycles. The Morgan fingerprint density at radius 1 is 1.00 bits per heavy atom. The van der Waals surface area contributed by atoms with Gasteiger partial charge in [-0.1, -0.05) is 0 Å². The molecule has 0 heterocycles. The fraction of sp³-hybridized carbons (Fsp3) is 0.750. The number of hydrogen-bond donors (Lipinski definition) is 0. The average molecular weight is 293 g/mol. The molecule has 0 amide bonds. The molecule has 0 aromatic carbocycles. The molecule has 0 aromatic heterocycles. The van der Waals surface area contributed by atoms with E-state index >= 15 is 0 Å². The summed E-state index contributed by atoms with van der Waals surface area (Å²) < 4.78 is 9.57. The van der Waals surface area contributed by atoms with Crippen LogP contribution in [0.5, 0.6) is 0 Å². The van der Waals surface area contributed by atoms with Crippen molar-refractivity contribution in [1.82, 2.24) is 0 Å². The van der Waals surface area contributed by atoms with Crippen molar-refractivity contribution >= 4 is 33.9 Å². The van der Waals surface area contributed by atoms with Gasteiger partial charge in [-0.3, -0.25) is 0 Å². The van der Waals surface area contributed by atoms with Gasteiger partial charge in [-0.15, -0.1) is 0 Å². The molecule has 0 aromatic rings. The monoisotopic (exact) mass is 294 g/mol. The molecule has 0 rings (SSSR count). The van der Waals surface area contributed by atoms with Crippen LogP contribution in [0.2, 0.25) is 0 Å². The summed E-state index contributed by atoms with van der Waals surface area (Å²) in [7, 11) is 0. The van der Waals surface area contributed by atoms with Crippen molar-refractivity contribution in [3.05, 3.63) is 0 Å². The van der Waals surface area contributed by atoms with Gasteiger partial charge in [0.25, 0.3) is 0 Å². The van der Waals surface area contributed by atoms with Crippen LogP contribution in [0.4, 0.5) is 0 Å². The molecule has 2 radical (unpaired) electrons. The van der Waals surface area contributed by atoms with Crippen molar-refractivity contribution in [2.75, 3.05) is 0 Å². The van der Waals surface area contributed by atoms with E-state index < -0.39 is 22.0 Å². The van der Waals surface area contributed by atoms with E-state index in [1.165, 1.54) is 0 Å². The zero-order valence-electron chi connectivity index (χ0n) is 7.96. The summed E-state index contributed by atoms with van der Waals surface area (Å²) in [5.74, 6) is -0.503. The summed E-state index contributed by atoms with van der Waals surface area (Å²) >= 11 is -1.69. The van der Waals surface area contributed by atoms with E-state index in [1.807, 2.05) is 13.8 Å². The van der Waals surface area contributed by atoms with Crippen molar-refractivity contribution in [1.29, 1.82) is 0 Å². The molecule has 0 saturated heterocycles. The Balaban J connectivity index is 3.33. The second-order valence-corrected chi connectivity index (χ2v) is 4.17. The van der Waals surface area contributed by atoms with Crippen LogP contribution >= 0.6 is 0 Å². The zero-order valence-corrected chi connectivity index (χ0v) is 10.8. The van der Waals surface area contributed by atoms with Crippen LogP contribution in [0.15, 0.2) is 0 Å². The van der Waals surface area contributed by atoms with Crippen molar-refractivity contribution in [3.63, 3.8) is 0 Å². The maximum atomic E-state index is 10.8. The topological polar surface area (TPSA) is 52.6 Å². The second kappa shape index (κ2) is 8.34. The van der Waals surface area contributed by atoms with Gasteiger partial charge in [-0.25, -0.2) is 0 Å². The predicted molar refractivity (Wildman–Crippen MR) is 47.8 cm³/mol. The number of carbonyl (C=O) groups excluding carboxylic acids is 2. The van der Waals surface area contributed by atoms with Crippen LogP contribution in [-0.4, -0.2) is 33.9 Å². The molecule has 0 saturated carbocycles. The molecule has 0 aliphatic carbocycles. The van der Waals surface area contributed by atoms with E-state index in [2.05, 4.69) is 0 Å². The standard InChI is InChI=1S/2C4H8O2.Sn/c2*1-2-3-4(5)6;/h2*2-3H2,1H3,(H,5,6);/q;;+2/p-2. The predicted octanol–water partition coefficient (Wildman–Crippen LogP) is 1.21. The normalized spacial score (nSPS) is 9.38. The van der Waals surface area contributed by atoms with Crippen molar-refractivity contribution < 1.29 is 15.7 Å². The third kappa shape index (κ3) is 8.08. The van der Waals surface area contributed by atoms with E-state index in [-0.39, 0.29) is 11.9 Å². The van der Waals surface area contributed by atoms with Crippen LogP contribution in [-0.2, 0) is 15.7 Å². The first kappa shape index (κ1) is 12.7. The van der Waals surface area contributed by atoms with E-state index in [4.69, 9.17) is 6.15 Å². The summed E-state index contributed by atoms with van der Waals surface area (Å²) in [4.78, 5) is 21.6. The summed E-state index contributed by atoms with van der Waals surface area (Å²) in [5.41, 5.74) is 0. The SMILES string of the molecule is CCCC(=O)[O][Sn][O]C(=O)CCC. The van der Waals surface area contributed by atoms with Crippen molar-refractivity contribution in [3.8, 4) is 0 Å². The molecule has 74 valence electrons. The van der Waals surface area contributed by atoms with Gasteiger partial charge >= 0.3 is 89.2 Å². The van der Waals surface area contributed by atoms with Crippen LogP contribution in [0.25, 0.3) is 0 Å². The van der Waals surface area contributed by atoms with Crippen LogP contribution in [0, 0.1) is 0 Å². The fourth-order valence-corrected chi connectivity index (χ4v) is 1.86. The quantitative estimate of drug-likeness (QED) is 0.691. The molecule has 0 spiro atoms. The van der Waals surface area contributed by atoms with Gasteiger partial charge < -0.3 is 0 Å². The summed E-state index contributed by atoms with van der Waals surface area (Å²) in [6.45, 7) is 3.80. The van der Waals surface area contributed by atoms with Gasteiger partial charge in [0, 0.05) is 0 Å². The van der Waals surface area contributed by atoms with Gasteiger partial charge in [0.05, 0.1) is 0 Å². The summed E-state index contributed by atoms with van der Waals surface area (Å²) in [6.07, 6.45) is 2.35. The van der Waals surface area contributed by atoms with E-state index in [0.717, 1.165) is 12.8 Å². The van der Waals surface area contributed by atoms with E-state index in [9.17, 15) is 9.59 Å². The van der Waals surface area contributed by atoms with Crippen molar-refractivity contribution in [2.24, 2.45) is 0 Å². The Hall–Kier alpha value is -0.261. The molecule has 0 atom stereocenters. The minimum atomic E-state index is -1.69. The molecule has 4 nitrogen and oxygen atoms in total. The second-order valence-electron chi connectivity index (χ2n) is 2.53. The molecule has 0 N–H and O–H groups in total. The first-order valence-electron chi connectivity index (χ1n) is 4.35. The molecular weight excluding hydrogens is 279 g/mol. The van der Waals surface area contributed by atoms with Gasteiger partial charge in [0.1, 0.15) is 0 Å².